The Morgan fingerprint density at radius 1 is 0.583 bits per heavy atom. The number of fused-ring (bicyclic) bond motifs is 1. The van der Waals surface area contributed by atoms with E-state index in [1.807, 2.05) is 0 Å². The average molecular weight is 344 g/mol. The number of unbranched alkanes of at least 4 members (excludes halogenated alkanes) is 9. The minimum absolute atomic E-state index is 0. The van der Waals surface area contributed by atoms with Gasteiger partial charge in [-0.05, 0) is 29.2 Å². The van der Waals surface area contributed by atoms with Gasteiger partial charge in [-0.3, -0.25) is 0 Å². The van der Waals surface area contributed by atoms with E-state index in [1.54, 1.807) is 0 Å². The van der Waals surface area contributed by atoms with E-state index < -0.39 is 0 Å². The molecule has 0 aliphatic carbocycles. The Hall–Kier alpha value is 0.700. The van der Waals surface area contributed by atoms with Crippen LogP contribution in [0.5, 0.6) is 0 Å². The summed E-state index contributed by atoms with van der Waals surface area (Å²) in [6.07, 6.45) is 15.4. The molecule has 0 unspecified atom stereocenters. The van der Waals surface area contributed by atoms with Crippen LogP contribution in [0.15, 0.2) is 42.5 Å². The molecule has 0 aliphatic heterocycles. The molecule has 0 spiro atoms. The van der Waals surface area contributed by atoms with Crippen molar-refractivity contribution in [1.82, 2.24) is 0 Å². The summed E-state index contributed by atoms with van der Waals surface area (Å²) in [6.45, 7) is 2.29. The summed E-state index contributed by atoms with van der Waals surface area (Å²) >= 11 is 0. The zero-order valence-electron chi connectivity index (χ0n) is 14.3. The van der Waals surface area contributed by atoms with Gasteiger partial charge >= 0.3 is 59.1 Å². The van der Waals surface area contributed by atoms with Gasteiger partial charge in [0.25, 0.3) is 0 Å². The third-order valence-corrected chi connectivity index (χ3v) is 4.68. The van der Waals surface area contributed by atoms with Crippen LogP contribution in [0.4, 0.5) is 0 Å². The molecule has 0 fully saturated rings. The molecular weight excluding hydrogens is 310 g/mol. The summed E-state index contributed by atoms with van der Waals surface area (Å²) < 4.78 is 0. The topological polar surface area (TPSA) is 0 Å². The third-order valence-electron chi connectivity index (χ3n) is 4.68. The van der Waals surface area contributed by atoms with Gasteiger partial charge < -0.3 is 0 Å². The minimum atomic E-state index is 0. The molecule has 0 N–H and O–H groups in total. The predicted molar refractivity (Wildman–Crippen MR) is 114 cm³/mol. The summed E-state index contributed by atoms with van der Waals surface area (Å²) in [7, 11) is 0. The zero-order chi connectivity index (χ0) is 15.5. The molecular formula is C22H34Na2. The van der Waals surface area contributed by atoms with E-state index in [2.05, 4.69) is 49.4 Å². The van der Waals surface area contributed by atoms with Crippen LogP contribution in [-0.2, 0) is 6.42 Å². The van der Waals surface area contributed by atoms with Crippen LogP contribution in [-0.4, -0.2) is 59.1 Å². The number of hydrogen-bond acceptors (Lipinski definition) is 0. The van der Waals surface area contributed by atoms with E-state index in [9.17, 15) is 0 Å². The molecule has 0 bridgehead atoms. The SMILES string of the molecule is CCCCCCCCCCCCc1cccc2ccccc12.[NaH].[NaH]. The first-order valence-electron chi connectivity index (χ1n) is 9.38. The van der Waals surface area contributed by atoms with E-state index in [4.69, 9.17) is 0 Å². The van der Waals surface area contributed by atoms with Crippen molar-refractivity contribution in [3.8, 4) is 0 Å². The molecule has 0 saturated carbocycles. The zero-order valence-corrected chi connectivity index (χ0v) is 14.3. The van der Waals surface area contributed by atoms with Crippen molar-refractivity contribution in [1.29, 1.82) is 0 Å². The van der Waals surface area contributed by atoms with Crippen molar-refractivity contribution in [2.45, 2.75) is 77.6 Å². The molecule has 124 valence electrons. The van der Waals surface area contributed by atoms with Gasteiger partial charge in [0.2, 0.25) is 0 Å². The standard InChI is InChI=1S/C22H32.2Na.2H/c1-2-3-4-5-6-7-8-9-10-11-15-20-17-14-18-21-16-12-13-19-22(20)21;;;;/h12-14,16-19H,2-11,15H2,1H3;;;;. The Morgan fingerprint density at radius 2 is 1.12 bits per heavy atom. The predicted octanol–water partition coefficient (Wildman–Crippen LogP) is 6.01. The summed E-state index contributed by atoms with van der Waals surface area (Å²) in [5, 5.41) is 2.83. The van der Waals surface area contributed by atoms with Crippen LogP contribution in [0.2, 0.25) is 0 Å². The molecule has 0 radical (unpaired) electrons. The molecule has 2 rings (SSSR count). The van der Waals surface area contributed by atoms with Crippen LogP contribution in [0.3, 0.4) is 0 Å². The maximum absolute atomic E-state index is 2.30. The van der Waals surface area contributed by atoms with Crippen molar-refractivity contribution >= 4 is 69.9 Å². The molecule has 0 aliphatic rings. The van der Waals surface area contributed by atoms with E-state index in [-0.39, 0.29) is 59.1 Å². The van der Waals surface area contributed by atoms with E-state index in [0.717, 1.165) is 0 Å². The first-order valence-corrected chi connectivity index (χ1v) is 9.38. The molecule has 0 saturated heterocycles. The first kappa shape index (κ1) is 24.7. The van der Waals surface area contributed by atoms with Gasteiger partial charge in [-0.25, -0.2) is 0 Å². The summed E-state index contributed by atoms with van der Waals surface area (Å²) in [4.78, 5) is 0. The van der Waals surface area contributed by atoms with Crippen molar-refractivity contribution in [2.24, 2.45) is 0 Å². The molecule has 0 amide bonds. The van der Waals surface area contributed by atoms with Gasteiger partial charge in [-0.15, -0.1) is 0 Å². The number of benzene rings is 2. The van der Waals surface area contributed by atoms with Crippen LogP contribution >= 0.6 is 0 Å². The molecule has 0 nitrogen and oxygen atoms in total. The summed E-state index contributed by atoms with van der Waals surface area (Å²) in [5.41, 5.74) is 1.53. The maximum atomic E-state index is 2.30. The van der Waals surface area contributed by atoms with Crippen LogP contribution < -0.4 is 0 Å². The Balaban J connectivity index is 0.00000264. The van der Waals surface area contributed by atoms with Gasteiger partial charge in [0.05, 0.1) is 0 Å². The van der Waals surface area contributed by atoms with Gasteiger partial charge in [-0.1, -0.05) is 107 Å². The van der Waals surface area contributed by atoms with E-state index >= 15 is 0 Å². The summed E-state index contributed by atoms with van der Waals surface area (Å²) in [5.74, 6) is 0. The Bertz CT molecular complexity index is 531. The monoisotopic (exact) mass is 344 g/mol. The molecule has 2 aromatic carbocycles. The second kappa shape index (κ2) is 15.9. The van der Waals surface area contributed by atoms with Gasteiger partial charge in [0.1, 0.15) is 0 Å². The normalized spacial score (nSPS) is 10.2. The number of rotatable bonds is 11. The Labute approximate surface area is 193 Å². The van der Waals surface area contributed by atoms with Gasteiger partial charge in [-0.2, -0.15) is 0 Å². The van der Waals surface area contributed by atoms with Crippen molar-refractivity contribution in [3.05, 3.63) is 48.0 Å². The van der Waals surface area contributed by atoms with Crippen LogP contribution in [0, 0.1) is 0 Å². The second-order valence-corrected chi connectivity index (χ2v) is 6.57. The molecule has 2 aromatic rings. The van der Waals surface area contributed by atoms with Crippen molar-refractivity contribution in [2.75, 3.05) is 0 Å². The van der Waals surface area contributed by atoms with E-state index in [1.165, 1.54) is 87.0 Å². The van der Waals surface area contributed by atoms with Crippen LogP contribution in [0.25, 0.3) is 10.8 Å². The quantitative estimate of drug-likeness (QED) is 0.346. The molecule has 2 heteroatoms. The fourth-order valence-corrected chi connectivity index (χ4v) is 3.31. The van der Waals surface area contributed by atoms with Gasteiger partial charge in [0, 0.05) is 0 Å². The molecule has 0 atom stereocenters. The Kier molecular flexibility index (Phi) is 16.4. The van der Waals surface area contributed by atoms with Crippen molar-refractivity contribution in [3.63, 3.8) is 0 Å². The Morgan fingerprint density at radius 3 is 1.79 bits per heavy atom. The fourth-order valence-electron chi connectivity index (χ4n) is 3.31. The van der Waals surface area contributed by atoms with E-state index in [0.29, 0.717) is 0 Å². The average Bonchev–Trinajstić information content (AvgIpc) is 2.56. The number of hydrogen-bond donors (Lipinski definition) is 0. The molecule has 0 heterocycles. The van der Waals surface area contributed by atoms with Crippen LogP contribution in [0.1, 0.15) is 76.7 Å². The summed E-state index contributed by atoms with van der Waals surface area (Å²) in [6, 6.07) is 15.5. The second-order valence-electron chi connectivity index (χ2n) is 6.57. The first-order chi connectivity index (χ1) is 10.9. The van der Waals surface area contributed by atoms with Gasteiger partial charge in [0.15, 0.2) is 0 Å². The van der Waals surface area contributed by atoms with Crippen molar-refractivity contribution < 1.29 is 0 Å². The molecule has 0 aromatic heterocycles. The fraction of sp³-hybridized carbons (Fsp3) is 0.545. The molecule has 24 heavy (non-hydrogen) atoms. The number of aryl methyl sites for hydroxylation is 1. The third kappa shape index (κ3) is 9.41.